The highest BCUT2D eigenvalue weighted by Crippen LogP contribution is 2.28. The van der Waals surface area contributed by atoms with Crippen LogP contribution in [-0.2, 0) is 4.79 Å². The number of amidine groups is 1. The minimum atomic E-state index is -0.0871. The predicted molar refractivity (Wildman–Crippen MR) is 76.7 cm³/mol. The van der Waals surface area contributed by atoms with Crippen LogP contribution in [0.2, 0.25) is 0 Å². The first-order valence-electron chi connectivity index (χ1n) is 6.63. The van der Waals surface area contributed by atoms with Crippen LogP contribution in [-0.4, -0.2) is 17.1 Å². The molecule has 0 aromatic carbocycles. The van der Waals surface area contributed by atoms with Gasteiger partial charge >= 0.3 is 0 Å². The summed E-state index contributed by atoms with van der Waals surface area (Å²) in [7, 11) is 0. The van der Waals surface area contributed by atoms with E-state index in [0.29, 0.717) is 16.7 Å². The number of nitrogens with one attached hydrogen (secondary N) is 1. The van der Waals surface area contributed by atoms with E-state index in [0.717, 1.165) is 18.0 Å². The summed E-state index contributed by atoms with van der Waals surface area (Å²) in [5, 5.41) is 3.56. The molecule has 19 heavy (non-hydrogen) atoms. The van der Waals surface area contributed by atoms with Crippen molar-refractivity contribution < 1.29 is 9.21 Å². The van der Waals surface area contributed by atoms with E-state index in [1.54, 1.807) is 18.4 Å². The third-order valence-electron chi connectivity index (χ3n) is 3.34. The molecule has 1 N–H and O–H groups in total. The van der Waals surface area contributed by atoms with Crippen molar-refractivity contribution in [2.45, 2.75) is 38.1 Å². The Balaban J connectivity index is 1.70. The Kier molecular flexibility index (Phi) is 3.73. The molecule has 0 radical (unpaired) electrons. The molecule has 4 nitrogen and oxygen atoms in total. The number of furan rings is 1. The molecule has 100 valence electrons. The van der Waals surface area contributed by atoms with Crippen molar-refractivity contribution >= 4 is 28.9 Å². The molecule has 1 aromatic heterocycles. The zero-order valence-corrected chi connectivity index (χ0v) is 11.4. The average molecular weight is 276 g/mol. The Labute approximate surface area is 116 Å². The fourth-order valence-corrected chi connectivity index (χ4v) is 3.24. The third-order valence-corrected chi connectivity index (χ3v) is 4.27. The summed E-state index contributed by atoms with van der Waals surface area (Å²) in [6, 6.07) is 4.01. The Hall–Kier alpha value is -1.49. The van der Waals surface area contributed by atoms with Crippen LogP contribution in [0.25, 0.3) is 6.08 Å². The summed E-state index contributed by atoms with van der Waals surface area (Å²) < 4.78 is 5.22. The van der Waals surface area contributed by atoms with Gasteiger partial charge in [-0.05, 0) is 36.7 Å². The molecule has 1 saturated carbocycles. The molecule has 1 aliphatic heterocycles. The minimum Gasteiger partial charge on any atom is -0.465 e. The highest BCUT2D eigenvalue weighted by molar-refractivity contribution is 8.18. The number of rotatable bonds is 2. The third kappa shape index (κ3) is 3.10. The van der Waals surface area contributed by atoms with Gasteiger partial charge in [0.05, 0.1) is 17.2 Å². The Morgan fingerprint density at radius 3 is 2.95 bits per heavy atom. The number of hydrogen-bond donors (Lipinski definition) is 1. The van der Waals surface area contributed by atoms with Crippen molar-refractivity contribution in [3.8, 4) is 0 Å². The van der Waals surface area contributed by atoms with Crippen molar-refractivity contribution in [3.63, 3.8) is 0 Å². The zero-order chi connectivity index (χ0) is 13.1. The summed E-state index contributed by atoms with van der Waals surface area (Å²) in [6.45, 7) is 0. The molecular formula is C14H16N2O2S. The molecule has 1 saturated heterocycles. The average Bonchev–Trinajstić information content (AvgIpc) is 3.02. The topological polar surface area (TPSA) is 54.6 Å². The maximum atomic E-state index is 11.8. The standard InChI is InChI=1S/C14H16N2O2S/c17-13-12(9-11-7-4-8-18-11)19-14(16-13)15-10-5-2-1-3-6-10/h4,7-10H,1-3,5-6H2,(H,15,16,17)/b12-9+. The number of carbonyl (C=O) groups excluding carboxylic acids is 1. The number of carbonyl (C=O) groups is 1. The lowest BCUT2D eigenvalue weighted by atomic mass is 9.96. The second-order valence-electron chi connectivity index (χ2n) is 4.81. The monoisotopic (exact) mass is 276 g/mol. The van der Waals surface area contributed by atoms with E-state index in [1.807, 2.05) is 6.07 Å². The van der Waals surface area contributed by atoms with E-state index in [2.05, 4.69) is 10.3 Å². The SMILES string of the molecule is O=C1NC(=NC2CCCCC2)S/C1=C/c1ccco1. The first kappa shape index (κ1) is 12.5. The summed E-state index contributed by atoms with van der Waals surface area (Å²) in [5.74, 6) is 0.604. The highest BCUT2D eigenvalue weighted by atomic mass is 32.2. The van der Waals surface area contributed by atoms with Gasteiger partial charge in [0.2, 0.25) is 0 Å². The predicted octanol–water partition coefficient (Wildman–Crippen LogP) is 3.17. The van der Waals surface area contributed by atoms with E-state index >= 15 is 0 Å². The van der Waals surface area contributed by atoms with Crippen LogP contribution in [0.3, 0.4) is 0 Å². The molecule has 0 unspecified atom stereocenters. The molecular weight excluding hydrogens is 260 g/mol. The number of hydrogen-bond acceptors (Lipinski definition) is 4. The fourth-order valence-electron chi connectivity index (χ4n) is 2.37. The largest absolute Gasteiger partial charge is 0.465 e. The van der Waals surface area contributed by atoms with E-state index in [-0.39, 0.29) is 5.91 Å². The molecule has 2 heterocycles. The van der Waals surface area contributed by atoms with Crippen molar-refractivity contribution in [1.29, 1.82) is 0 Å². The summed E-state index contributed by atoms with van der Waals surface area (Å²) in [4.78, 5) is 17.1. The van der Waals surface area contributed by atoms with Crippen molar-refractivity contribution in [2.24, 2.45) is 4.99 Å². The van der Waals surface area contributed by atoms with Crippen LogP contribution in [0.5, 0.6) is 0 Å². The molecule has 1 amide bonds. The lowest BCUT2D eigenvalue weighted by molar-refractivity contribution is -0.115. The van der Waals surface area contributed by atoms with Gasteiger partial charge in [-0.25, -0.2) is 0 Å². The number of amides is 1. The van der Waals surface area contributed by atoms with E-state index in [4.69, 9.17) is 4.42 Å². The quantitative estimate of drug-likeness (QED) is 0.844. The van der Waals surface area contributed by atoms with E-state index in [9.17, 15) is 4.79 Å². The van der Waals surface area contributed by atoms with Crippen LogP contribution >= 0.6 is 11.8 Å². The van der Waals surface area contributed by atoms with Crippen LogP contribution in [0.1, 0.15) is 37.9 Å². The molecule has 0 atom stereocenters. The Morgan fingerprint density at radius 2 is 2.21 bits per heavy atom. The maximum absolute atomic E-state index is 11.8. The lowest BCUT2D eigenvalue weighted by Crippen LogP contribution is -2.22. The molecule has 2 fully saturated rings. The molecule has 0 spiro atoms. The summed E-state index contributed by atoms with van der Waals surface area (Å²) in [5.41, 5.74) is 0. The Morgan fingerprint density at radius 1 is 1.37 bits per heavy atom. The van der Waals surface area contributed by atoms with Crippen molar-refractivity contribution in [1.82, 2.24) is 5.32 Å². The van der Waals surface area contributed by atoms with Crippen LogP contribution in [0.4, 0.5) is 0 Å². The van der Waals surface area contributed by atoms with Crippen molar-refractivity contribution in [2.75, 3.05) is 0 Å². The van der Waals surface area contributed by atoms with Gasteiger partial charge in [0.25, 0.3) is 5.91 Å². The highest BCUT2D eigenvalue weighted by Gasteiger charge is 2.25. The van der Waals surface area contributed by atoms with Crippen LogP contribution in [0, 0.1) is 0 Å². The van der Waals surface area contributed by atoms with Crippen LogP contribution in [0.15, 0.2) is 32.7 Å². The molecule has 0 bridgehead atoms. The first-order valence-corrected chi connectivity index (χ1v) is 7.45. The smallest absolute Gasteiger partial charge is 0.264 e. The van der Waals surface area contributed by atoms with Gasteiger partial charge < -0.3 is 9.73 Å². The maximum Gasteiger partial charge on any atom is 0.264 e. The summed E-state index contributed by atoms with van der Waals surface area (Å²) in [6.07, 6.45) is 9.42. The van der Waals surface area contributed by atoms with E-state index < -0.39 is 0 Å². The molecule has 1 aliphatic carbocycles. The fraction of sp³-hybridized carbons (Fsp3) is 0.429. The molecule has 3 rings (SSSR count). The van der Waals surface area contributed by atoms with Gasteiger partial charge in [-0.1, -0.05) is 19.3 Å². The zero-order valence-electron chi connectivity index (χ0n) is 10.6. The van der Waals surface area contributed by atoms with E-state index in [1.165, 1.54) is 31.0 Å². The van der Waals surface area contributed by atoms with Crippen molar-refractivity contribution in [3.05, 3.63) is 29.1 Å². The Bertz CT molecular complexity index is 514. The first-order chi connectivity index (χ1) is 9.31. The van der Waals surface area contributed by atoms with Crippen LogP contribution < -0.4 is 5.32 Å². The molecule has 5 heteroatoms. The molecule has 1 aromatic rings. The number of nitrogens with zero attached hydrogens (tertiary/aromatic N) is 1. The second kappa shape index (κ2) is 5.65. The van der Waals surface area contributed by atoms with Gasteiger partial charge in [-0.15, -0.1) is 0 Å². The molecule has 2 aliphatic rings. The van der Waals surface area contributed by atoms with Gasteiger partial charge in [0, 0.05) is 6.08 Å². The normalized spacial score (nSPS) is 25.2. The van der Waals surface area contributed by atoms with Gasteiger partial charge in [-0.3, -0.25) is 9.79 Å². The van der Waals surface area contributed by atoms with Gasteiger partial charge in [0.1, 0.15) is 5.76 Å². The van der Waals surface area contributed by atoms with Gasteiger partial charge in [-0.2, -0.15) is 0 Å². The number of aliphatic imine (C=N–C) groups is 1. The minimum absolute atomic E-state index is 0.0871. The summed E-state index contributed by atoms with van der Waals surface area (Å²) >= 11 is 1.40. The lowest BCUT2D eigenvalue weighted by Gasteiger charge is -2.17. The second-order valence-corrected chi connectivity index (χ2v) is 5.84. The van der Waals surface area contributed by atoms with Gasteiger partial charge in [0.15, 0.2) is 5.17 Å². The number of thioether (sulfide) groups is 1.